The maximum atomic E-state index is 12.9. The summed E-state index contributed by atoms with van der Waals surface area (Å²) in [6.07, 6.45) is 3.47. The molecule has 1 aromatic carbocycles. The molecule has 1 fully saturated rings. The van der Waals surface area contributed by atoms with Gasteiger partial charge in [-0.05, 0) is 54.8 Å². The first kappa shape index (κ1) is 24.5. The van der Waals surface area contributed by atoms with Gasteiger partial charge in [0.25, 0.3) is 11.8 Å². The Morgan fingerprint density at radius 1 is 1.15 bits per heavy atom. The molecule has 4 rings (SSSR count). The van der Waals surface area contributed by atoms with Crippen molar-refractivity contribution in [1.82, 2.24) is 10.2 Å². The summed E-state index contributed by atoms with van der Waals surface area (Å²) in [6, 6.07) is 10.8. The van der Waals surface area contributed by atoms with E-state index in [9.17, 15) is 14.4 Å². The molecule has 2 N–H and O–H groups in total. The highest BCUT2D eigenvalue weighted by Crippen LogP contribution is 2.29. The fourth-order valence-corrected chi connectivity index (χ4v) is 6.17. The molecule has 9 heteroatoms. The van der Waals surface area contributed by atoms with Gasteiger partial charge in [0.1, 0.15) is 5.25 Å². The van der Waals surface area contributed by atoms with Gasteiger partial charge in [0.05, 0.1) is 6.04 Å². The van der Waals surface area contributed by atoms with E-state index in [1.165, 1.54) is 18.2 Å². The van der Waals surface area contributed by atoms with Crippen LogP contribution in [0.5, 0.6) is 0 Å². The molecule has 2 atom stereocenters. The molecule has 0 unspecified atom stereocenters. The monoisotopic (exact) mass is 498 g/mol. The van der Waals surface area contributed by atoms with Crippen molar-refractivity contribution >= 4 is 51.7 Å². The van der Waals surface area contributed by atoms with Crippen LogP contribution < -0.4 is 10.6 Å². The van der Waals surface area contributed by atoms with Crippen molar-refractivity contribution in [3.8, 4) is 0 Å². The molecule has 0 bridgehead atoms. The molecular formula is C25H30N4O3S2. The van der Waals surface area contributed by atoms with E-state index < -0.39 is 5.25 Å². The van der Waals surface area contributed by atoms with E-state index in [1.807, 2.05) is 17.5 Å². The van der Waals surface area contributed by atoms with Gasteiger partial charge in [-0.25, -0.2) is 0 Å². The van der Waals surface area contributed by atoms with Crippen molar-refractivity contribution in [1.29, 1.82) is 0 Å². The van der Waals surface area contributed by atoms with Crippen molar-refractivity contribution in [2.24, 2.45) is 10.9 Å². The van der Waals surface area contributed by atoms with Gasteiger partial charge in [0.15, 0.2) is 5.17 Å². The van der Waals surface area contributed by atoms with Crippen molar-refractivity contribution in [2.75, 3.05) is 18.4 Å². The van der Waals surface area contributed by atoms with Crippen molar-refractivity contribution in [3.63, 3.8) is 0 Å². The van der Waals surface area contributed by atoms with Crippen molar-refractivity contribution < 1.29 is 14.4 Å². The predicted octanol–water partition coefficient (Wildman–Crippen LogP) is 4.69. The summed E-state index contributed by atoms with van der Waals surface area (Å²) in [7, 11) is 0. The highest BCUT2D eigenvalue weighted by Gasteiger charge is 2.33. The van der Waals surface area contributed by atoms with Crippen LogP contribution in [0.25, 0.3) is 0 Å². The highest BCUT2D eigenvalue weighted by molar-refractivity contribution is 8.15. The molecule has 2 aromatic rings. The van der Waals surface area contributed by atoms with Crippen LogP contribution in [-0.4, -0.2) is 46.1 Å². The lowest BCUT2D eigenvalue weighted by Gasteiger charge is -2.27. The third-order valence-electron chi connectivity index (χ3n) is 5.94. The number of anilines is 1. The van der Waals surface area contributed by atoms with Crippen LogP contribution >= 0.6 is 23.1 Å². The maximum Gasteiger partial charge on any atom is 0.262 e. The van der Waals surface area contributed by atoms with E-state index in [0.29, 0.717) is 11.3 Å². The molecule has 0 saturated carbocycles. The smallest absolute Gasteiger partial charge is 0.262 e. The SMILES string of the molecule is CC(C)[C@@H](NC(=O)c1cccc(NC(=O)C[C@H]2SC(N3CCCCC3)=NC2=O)c1)c1cccs1. The number of thiophene rings is 1. The first-order valence-corrected chi connectivity index (χ1v) is 13.4. The number of rotatable bonds is 7. The summed E-state index contributed by atoms with van der Waals surface area (Å²) < 4.78 is 0. The van der Waals surface area contributed by atoms with Crippen LogP contribution in [0.15, 0.2) is 46.8 Å². The maximum absolute atomic E-state index is 12.9. The Labute approximate surface area is 208 Å². The van der Waals surface area contributed by atoms with Gasteiger partial charge >= 0.3 is 0 Å². The van der Waals surface area contributed by atoms with E-state index >= 15 is 0 Å². The molecular weight excluding hydrogens is 468 g/mol. The number of piperidine rings is 1. The molecule has 3 heterocycles. The number of likely N-dealkylation sites (tertiary alicyclic amines) is 1. The number of nitrogens with one attached hydrogen (secondary N) is 2. The fraction of sp³-hybridized carbons (Fsp3) is 0.440. The van der Waals surface area contributed by atoms with Crippen LogP contribution in [-0.2, 0) is 9.59 Å². The Hall–Kier alpha value is -2.65. The number of thioether (sulfide) groups is 1. The second-order valence-electron chi connectivity index (χ2n) is 8.93. The van der Waals surface area contributed by atoms with Gasteiger partial charge < -0.3 is 15.5 Å². The molecule has 1 saturated heterocycles. The summed E-state index contributed by atoms with van der Waals surface area (Å²) in [5, 5.41) is 8.19. The Balaban J connectivity index is 1.33. The zero-order valence-corrected chi connectivity index (χ0v) is 21.1. The number of carbonyl (C=O) groups is 3. The zero-order chi connectivity index (χ0) is 24.1. The number of benzene rings is 1. The van der Waals surface area contributed by atoms with E-state index in [1.54, 1.807) is 35.6 Å². The molecule has 0 spiro atoms. The number of amidine groups is 1. The fourth-order valence-electron chi connectivity index (χ4n) is 4.11. The number of hydrogen-bond donors (Lipinski definition) is 2. The molecule has 0 aliphatic carbocycles. The Morgan fingerprint density at radius 3 is 2.65 bits per heavy atom. The minimum absolute atomic E-state index is 0.0502. The molecule has 180 valence electrons. The van der Waals surface area contributed by atoms with Gasteiger partial charge in [0, 0.05) is 35.6 Å². The lowest BCUT2D eigenvalue weighted by molar-refractivity contribution is -0.121. The van der Waals surface area contributed by atoms with Crippen LogP contribution in [0.2, 0.25) is 0 Å². The third kappa shape index (κ3) is 6.07. The van der Waals surface area contributed by atoms with Crippen molar-refractivity contribution in [2.45, 2.75) is 50.8 Å². The quantitative estimate of drug-likeness (QED) is 0.578. The summed E-state index contributed by atoms with van der Waals surface area (Å²) in [4.78, 5) is 45.4. The molecule has 3 amide bonds. The minimum Gasteiger partial charge on any atom is -0.351 e. The Kier molecular flexibility index (Phi) is 8.05. The van der Waals surface area contributed by atoms with Gasteiger partial charge in [-0.1, -0.05) is 37.7 Å². The van der Waals surface area contributed by atoms with Crippen LogP contribution in [0.3, 0.4) is 0 Å². The predicted molar refractivity (Wildman–Crippen MR) is 138 cm³/mol. The van der Waals surface area contributed by atoms with Gasteiger partial charge in [0.2, 0.25) is 5.91 Å². The van der Waals surface area contributed by atoms with E-state index in [4.69, 9.17) is 0 Å². The average molecular weight is 499 g/mol. The van der Waals surface area contributed by atoms with E-state index in [-0.39, 0.29) is 36.1 Å². The number of aliphatic imine (C=N–C) groups is 1. The molecule has 34 heavy (non-hydrogen) atoms. The second-order valence-corrected chi connectivity index (χ2v) is 11.1. The Bertz CT molecular complexity index is 1060. The van der Waals surface area contributed by atoms with E-state index in [2.05, 4.69) is 34.4 Å². The van der Waals surface area contributed by atoms with Crippen molar-refractivity contribution in [3.05, 3.63) is 52.2 Å². The van der Waals surface area contributed by atoms with Crippen LogP contribution in [0, 0.1) is 5.92 Å². The summed E-state index contributed by atoms with van der Waals surface area (Å²) in [6.45, 7) is 5.97. The van der Waals surface area contributed by atoms with Gasteiger partial charge in [-0.3, -0.25) is 14.4 Å². The zero-order valence-electron chi connectivity index (χ0n) is 19.5. The molecule has 0 radical (unpaired) electrons. The first-order chi connectivity index (χ1) is 16.4. The van der Waals surface area contributed by atoms with Gasteiger partial charge in [-0.2, -0.15) is 4.99 Å². The summed E-state index contributed by atoms with van der Waals surface area (Å²) >= 11 is 3.00. The number of nitrogens with zero attached hydrogens (tertiary/aromatic N) is 2. The lowest BCUT2D eigenvalue weighted by Crippen LogP contribution is -2.33. The highest BCUT2D eigenvalue weighted by atomic mass is 32.2. The number of hydrogen-bond acceptors (Lipinski definition) is 6. The first-order valence-electron chi connectivity index (χ1n) is 11.7. The Morgan fingerprint density at radius 2 is 1.94 bits per heavy atom. The molecule has 2 aliphatic rings. The molecule has 7 nitrogen and oxygen atoms in total. The summed E-state index contributed by atoms with van der Waals surface area (Å²) in [5.41, 5.74) is 1.00. The van der Waals surface area contributed by atoms with Crippen LogP contribution in [0.4, 0.5) is 5.69 Å². The molecule has 1 aromatic heterocycles. The topological polar surface area (TPSA) is 90.9 Å². The largest absolute Gasteiger partial charge is 0.351 e. The third-order valence-corrected chi connectivity index (χ3v) is 8.11. The average Bonchev–Trinajstić information content (AvgIpc) is 3.48. The standard InChI is InChI=1S/C25H30N4O3S2/c1-16(2)22(19-10-7-13-33-19)27-23(31)17-8-6-9-18(14-17)26-21(30)15-20-24(32)28-25(34-20)29-11-4-3-5-12-29/h6-10,13-14,16,20,22H,3-5,11-12,15H2,1-2H3,(H,26,30)(H,27,31)/t20-,22-/m1/s1. The van der Waals surface area contributed by atoms with Gasteiger partial charge in [-0.15, -0.1) is 11.3 Å². The summed E-state index contributed by atoms with van der Waals surface area (Å²) in [5.74, 6) is -0.465. The van der Waals surface area contributed by atoms with E-state index in [0.717, 1.165) is 36.0 Å². The molecule has 2 aliphatic heterocycles. The van der Waals surface area contributed by atoms with Crippen LogP contribution in [0.1, 0.15) is 60.8 Å². The lowest BCUT2D eigenvalue weighted by atomic mass is 10.0. The second kappa shape index (κ2) is 11.2. The number of amides is 3. The number of carbonyl (C=O) groups excluding carboxylic acids is 3. The minimum atomic E-state index is -0.499. The normalized spacial score (nSPS) is 19.1.